The molecule has 0 radical (unpaired) electrons. The molecule has 6 atom stereocenters. The first-order valence-corrected chi connectivity index (χ1v) is 13.4. The number of hydrogen-bond acceptors (Lipinski definition) is 6. The third kappa shape index (κ3) is 4.09. The lowest BCUT2D eigenvalue weighted by atomic mass is 9.71. The number of aryl methyl sites for hydroxylation is 1. The third-order valence-corrected chi connectivity index (χ3v) is 10.4. The van der Waals surface area contributed by atoms with Gasteiger partial charge < -0.3 is 20.1 Å². The number of para-hydroxylation sites is 1. The molecule has 1 aromatic rings. The molecule has 180 valence electrons. The Bertz CT molecular complexity index is 945. The van der Waals surface area contributed by atoms with Crippen LogP contribution in [0.1, 0.15) is 31.7 Å². The van der Waals surface area contributed by atoms with Gasteiger partial charge in [-0.05, 0) is 44.7 Å². The van der Waals surface area contributed by atoms with Crippen LogP contribution in [0.4, 0.5) is 5.69 Å². The number of ether oxygens (including phenoxy) is 1. The van der Waals surface area contributed by atoms with Gasteiger partial charge in [0.2, 0.25) is 11.8 Å². The van der Waals surface area contributed by atoms with Gasteiger partial charge in [0.05, 0.1) is 33.9 Å². The summed E-state index contributed by atoms with van der Waals surface area (Å²) in [5.41, 5.74) is 1.36. The molecule has 3 aliphatic rings. The van der Waals surface area contributed by atoms with E-state index in [2.05, 4.69) is 21.2 Å². The van der Waals surface area contributed by atoms with Gasteiger partial charge in [-0.3, -0.25) is 14.4 Å². The third-order valence-electron chi connectivity index (χ3n) is 6.87. The molecule has 1 aromatic carbocycles. The predicted octanol–water partition coefficient (Wildman–Crippen LogP) is 3.39. The summed E-state index contributed by atoms with van der Waals surface area (Å²) in [6, 6.07) is 4.64. The quantitative estimate of drug-likeness (QED) is 0.288. The second-order valence-electron chi connectivity index (χ2n) is 8.80. The maximum absolute atomic E-state index is 13.8. The van der Waals surface area contributed by atoms with Gasteiger partial charge in [-0.2, -0.15) is 0 Å². The van der Waals surface area contributed by atoms with Crippen molar-refractivity contribution >= 4 is 62.8 Å². The minimum Gasteiger partial charge on any atom is -0.466 e. The highest BCUT2D eigenvalue weighted by Crippen LogP contribution is 2.67. The van der Waals surface area contributed by atoms with Crippen LogP contribution in [0.3, 0.4) is 0 Å². The summed E-state index contributed by atoms with van der Waals surface area (Å²) in [4.78, 5) is 42.0. The molecule has 2 bridgehead atoms. The van der Waals surface area contributed by atoms with Crippen molar-refractivity contribution in [1.82, 2.24) is 4.90 Å². The van der Waals surface area contributed by atoms with E-state index in [-0.39, 0.29) is 41.1 Å². The van der Waals surface area contributed by atoms with Gasteiger partial charge in [0.15, 0.2) is 0 Å². The molecular weight excluding hydrogens is 532 g/mol. The molecule has 0 aromatic heterocycles. The van der Waals surface area contributed by atoms with Gasteiger partial charge in [0, 0.05) is 23.2 Å². The Morgan fingerprint density at radius 1 is 1.39 bits per heavy atom. The Balaban J connectivity index is 1.72. The monoisotopic (exact) mass is 558 g/mol. The SMILES string of the molecule is CCOC(=O)[C@H]1[C@H]2C(=O)N(CCCCO)C(C(=O)Nc3c(C)cccc3Cl)C23CC(Br)[C@@H]1S3. The van der Waals surface area contributed by atoms with Crippen molar-refractivity contribution in [1.29, 1.82) is 0 Å². The van der Waals surface area contributed by atoms with E-state index in [0.717, 1.165) is 5.56 Å². The highest BCUT2D eigenvalue weighted by atomic mass is 79.9. The second kappa shape index (κ2) is 9.76. The van der Waals surface area contributed by atoms with Crippen LogP contribution in [0.15, 0.2) is 18.2 Å². The van der Waals surface area contributed by atoms with E-state index >= 15 is 0 Å². The Labute approximate surface area is 211 Å². The van der Waals surface area contributed by atoms with E-state index in [0.29, 0.717) is 36.5 Å². The molecule has 2 N–H and O–H groups in total. The fraction of sp³-hybridized carbons (Fsp3) is 0.609. The number of thioether (sulfide) groups is 1. The summed E-state index contributed by atoms with van der Waals surface area (Å²) >= 11 is 11.6. The van der Waals surface area contributed by atoms with Crippen LogP contribution in [-0.2, 0) is 19.1 Å². The van der Waals surface area contributed by atoms with Crippen molar-refractivity contribution in [3.05, 3.63) is 28.8 Å². The molecule has 2 amide bonds. The standard InChI is InChI=1S/C23H28BrClN2O5S/c1-3-32-22(31)15-16-21(30)27(9-4-5-10-28)19(23(16)11-13(24)18(15)33-23)20(29)26-17-12(2)7-6-8-14(17)25/h6-8,13,15-16,18-19,28H,3-5,9-11H2,1-2H3,(H,26,29)/t13?,15-,16-,18-,19?,23?/m0/s1. The summed E-state index contributed by atoms with van der Waals surface area (Å²) in [5, 5.41) is 12.5. The fourth-order valence-electron chi connectivity index (χ4n) is 5.55. The van der Waals surface area contributed by atoms with Crippen LogP contribution in [0, 0.1) is 18.8 Å². The lowest BCUT2D eigenvalue weighted by Crippen LogP contribution is -2.52. The highest BCUT2D eigenvalue weighted by molar-refractivity contribution is 9.09. The number of aliphatic hydroxyl groups is 1. The number of likely N-dealkylation sites (tertiary alicyclic amines) is 1. The number of amides is 2. The maximum Gasteiger partial charge on any atom is 0.310 e. The molecule has 3 heterocycles. The number of nitrogens with one attached hydrogen (secondary N) is 1. The Morgan fingerprint density at radius 2 is 2.15 bits per heavy atom. The lowest BCUT2D eigenvalue weighted by Gasteiger charge is -2.35. The van der Waals surface area contributed by atoms with Crippen LogP contribution >= 0.6 is 39.3 Å². The fourth-order valence-corrected chi connectivity index (χ4v) is 9.42. The number of unbranched alkanes of at least 4 members (excludes halogenated alkanes) is 1. The number of rotatable bonds is 8. The zero-order valence-corrected chi connectivity index (χ0v) is 21.7. The topological polar surface area (TPSA) is 95.9 Å². The average molecular weight is 560 g/mol. The van der Waals surface area contributed by atoms with E-state index in [9.17, 15) is 19.5 Å². The number of halogens is 2. The zero-order valence-electron chi connectivity index (χ0n) is 18.6. The van der Waals surface area contributed by atoms with E-state index in [1.807, 2.05) is 19.1 Å². The average Bonchev–Trinajstić information content (AvgIpc) is 3.35. The minimum atomic E-state index is -0.751. The first kappa shape index (κ1) is 24.8. The largest absolute Gasteiger partial charge is 0.466 e. The highest BCUT2D eigenvalue weighted by Gasteiger charge is 2.75. The summed E-state index contributed by atoms with van der Waals surface area (Å²) in [7, 11) is 0. The number of alkyl halides is 1. The van der Waals surface area contributed by atoms with Crippen LogP contribution in [0.25, 0.3) is 0 Å². The number of nitrogens with zero attached hydrogens (tertiary/aromatic N) is 1. The van der Waals surface area contributed by atoms with Crippen LogP contribution in [-0.4, -0.2) is 68.4 Å². The Hall–Kier alpha value is -1.29. The van der Waals surface area contributed by atoms with Gasteiger partial charge >= 0.3 is 5.97 Å². The van der Waals surface area contributed by atoms with Gasteiger partial charge in [-0.25, -0.2) is 0 Å². The Kier molecular flexibility index (Phi) is 7.34. The number of esters is 1. The first-order valence-electron chi connectivity index (χ1n) is 11.2. The number of aliphatic hydroxyl groups excluding tert-OH is 1. The molecule has 0 saturated carbocycles. The molecular formula is C23H28BrClN2O5S. The molecule has 3 aliphatic heterocycles. The molecule has 7 nitrogen and oxygen atoms in total. The summed E-state index contributed by atoms with van der Waals surface area (Å²) in [5.74, 6) is -2.07. The molecule has 4 rings (SSSR count). The number of carbonyl (C=O) groups is 3. The van der Waals surface area contributed by atoms with Crippen molar-refractivity contribution < 1.29 is 24.2 Å². The zero-order chi connectivity index (χ0) is 23.9. The summed E-state index contributed by atoms with van der Waals surface area (Å²) in [6.07, 6.45) is 1.69. The molecule has 10 heteroatoms. The molecule has 3 fully saturated rings. The summed E-state index contributed by atoms with van der Waals surface area (Å²) in [6.45, 7) is 4.20. The predicted molar refractivity (Wildman–Crippen MR) is 132 cm³/mol. The van der Waals surface area contributed by atoms with Crippen LogP contribution < -0.4 is 5.32 Å². The number of hydrogen-bond donors (Lipinski definition) is 2. The van der Waals surface area contributed by atoms with Crippen LogP contribution in [0.2, 0.25) is 5.02 Å². The van der Waals surface area contributed by atoms with E-state index in [1.54, 1.807) is 29.7 Å². The van der Waals surface area contributed by atoms with Crippen molar-refractivity contribution in [2.45, 2.75) is 54.0 Å². The number of benzene rings is 1. The summed E-state index contributed by atoms with van der Waals surface area (Å²) < 4.78 is 4.61. The minimum absolute atomic E-state index is 0.00398. The van der Waals surface area contributed by atoms with Crippen molar-refractivity contribution in [2.75, 3.05) is 25.1 Å². The van der Waals surface area contributed by atoms with Gasteiger partial charge in [0.25, 0.3) is 0 Å². The van der Waals surface area contributed by atoms with E-state index in [1.165, 1.54) is 0 Å². The molecule has 3 saturated heterocycles. The molecule has 0 aliphatic carbocycles. The van der Waals surface area contributed by atoms with Gasteiger partial charge in [0.1, 0.15) is 6.04 Å². The molecule has 1 spiro atoms. The lowest BCUT2D eigenvalue weighted by molar-refractivity contribution is -0.153. The number of carbonyl (C=O) groups excluding carboxylic acids is 3. The van der Waals surface area contributed by atoms with Gasteiger partial charge in [-0.15, -0.1) is 11.8 Å². The molecule has 33 heavy (non-hydrogen) atoms. The number of anilines is 1. The maximum atomic E-state index is 13.8. The normalized spacial score (nSPS) is 32.2. The first-order chi connectivity index (χ1) is 15.8. The van der Waals surface area contributed by atoms with Crippen molar-refractivity contribution in [3.8, 4) is 0 Å². The second-order valence-corrected chi connectivity index (χ2v) is 11.9. The number of fused-ring (bicyclic) bond motifs is 1. The smallest absolute Gasteiger partial charge is 0.310 e. The van der Waals surface area contributed by atoms with Gasteiger partial charge in [-0.1, -0.05) is 39.7 Å². The van der Waals surface area contributed by atoms with Crippen molar-refractivity contribution in [3.63, 3.8) is 0 Å². The van der Waals surface area contributed by atoms with E-state index in [4.69, 9.17) is 16.3 Å². The van der Waals surface area contributed by atoms with Crippen LogP contribution in [0.5, 0.6) is 0 Å². The van der Waals surface area contributed by atoms with E-state index < -0.39 is 22.6 Å². The Morgan fingerprint density at radius 3 is 2.82 bits per heavy atom. The molecule has 3 unspecified atom stereocenters. The van der Waals surface area contributed by atoms with Crippen molar-refractivity contribution in [2.24, 2.45) is 11.8 Å².